The maximum atomic E-state index is 13.9. The molecule has 0 aliphatic carbocycles. The van der Waals surface area contributed by atoms with Crippen molar-refractivity contribution in [3.8, 4) is 5.19 Å². The summed E-state index contributed by atoms with van der Waals surface area (Å²) in [6.07, 6.45) is 4.19. The van der Waals surface area contributed by atoms with E-state index in [1.807, 2.05) is 5.38 Å². The van der Waals surface area contributed by atoms with Gasteiger partial charge in [-0.25, -0.2) is 9.37 Å². The van der Waals surface area contributed by atoms with Gasteiger partial charge in [-0.05, 0) is 51.8 Å². The quantitative estimate of drug-likeness (QED) is 0.638. The molecule has 2 unspecified atom stereocenters. The number of para-hydroxylation sites is 1. The van der Waals surface area contributed by atoms with E-state index >= 15 is 0 Å². The minimum atomic E-state index is -1.14. The molecule has 2 atom stereocenters. The van der Waals surface area contributed by atoms with E-state index in [0.29, 0.717) is 18.7 Å². The molecule has 162 valence electrons. The van der Waals surface area contributed by atoms with Crippen molar-refractivity contribution in [2.45, 2.75) is 58.0 Å². The summed E-state index contributed by atoms with van der Waals surface area (Å²) in [5.74, 6) is 0. The third kappa shape index (κ3) is 5.20. The van der Waals surface area contributed by atoms with Gasteiger partial charge in [0.2, 0.25) is 0 Å². The van der Waals surface area contributed by atoms with E-state index in [9.17, 15) is 4.39 Å². The second kappa shape index (κ2) is 9.04. The molecule has 0 saturated carbocycles. The van der Waals surface area contributed by atoms with Crippen molar-refractivity contribution >= 4 is 22.2 Å². The van der Waals surface area contributed by atoms with Crippen molar-refractivity contribution in [1.82, 2.24) is 20.2 Å². The average Bonchev–Trinajstić information content (AvgIpc) is 3.44. The van der Waals surface area contributed by atoms with Crippen LogP contribution in [0.15, 0.2) is 35.8 Å². The highest BCUT2D eigenvalue weighted by Gasteiger charge is 2.30. The van der Waals surface area contributed by atoms with Gasteiger partial charge in [0, 0.05) is 53.8 Å². The third-order valence-corrected chi connectivity index (χ3v) is 6.32. The summed E-state index contributed by atoms with van der Waals surface area (Å²) in [4.78, 5) is 9.77. The number of aromatic amines is 1. The Morgan fingerprint density at radius 2 is 2.17 bits per heavy atom. The van der Waals surface area contributed by atoms with Crippen LogP contribution in [0, 0.1) is 0 Å². The zero-order valence-corrected chi connectivity index (χ0v) is 18.8. The number of fused-ring (bicyclic) bond motifs is 3. The fraction of sp³-hybridized carbons (Fsp3) is 0.522. The molecule has 5 nitrogen and oxygen atoms in total. The van der Waals surface area contributed by atoms with E-state index in [0.717, 1.165) is 37.7 Å². The molecule has 7 heteroatoms. The predicted octanol–water partition coefficient (Wildman–Crippen LogP) is 4.55. The van der Waals surface area contributed by atoms with Gasteiger partial charge in [-0.2, -0.15) is 0 Å². The van der Waals surface area contributed by atoms with Crippen LogP contribution in [0.1, 0.15) is 38.4 Å². The maximum Gasteiger partial charge on any atom is 0.273 e. The number of nitrogens with zero attached hydrogens (tertiary/aromatic N) is 2. The van der Waals surface area contributed by atoms with E-state index in [2.05, 4.69) is 51.4 Å². The van der Waals surface area contributed by atoms with Crippen molar-refractivity contribution in [2.24, 2.45) is 0 Å². The van der Waals surface area contributed by atoms with Gasteiger partial charge < -0.3 is 15.0 Å². The average molecular weight is 431 g/mol. The summed E-state index contributed by atoms with van der Waals surface area (Å²) in [5.41, 5.74) is 2.72. The first-order valence-electron chi connectivity index (χ1n) is 10.7. The van der Waals surface area contributed by atoms with Gasteiger partial charge in [-0.3, -0.25) is 4.90 Å². The number of halogens is 1. The summed E-state index contributed by atoms with van der Waals surface area (Å²) >= 11 is 1.55. The lowest BCUT2D eigenvalue weighted by atomic mass is 9.96. The van der Waals surface area contributed by atoms with Gasteiger partial charge >= 0.3 is 0 Å². The molecule has 1 fully saturated rings. The van der Waals surface area contributed by atoms with E-state index in [1.54, 1.807) is 31.4 Å². The van der Waals surface area contributed by atoms with Gasteiger partial charge in [-0.1, -0.05) is 29.5 Å². The Hall–Kier alpha value is -1.96. The SMILES string of the molecule is CC1Cc2c([nH]c3ccccc23)CN1CC(C)(C)F.c1csc(OC2CCNC2)n1. The van der Waals surface area contributed by atoms with E-state index in [1.165, 1.54) is 22.2 Å². The van der Waals surface area contributed by atoms with Gasteiger partial charge in [0.1, 0.15) is 11.8 Å². The highest BCUT2D eigenvalue weighted by Crippen LogP contribution is 2.31. The van der Waals surface area contributed by atoms with Gasteiger partial charge in [-0.15, -0.1) is 0 Å². The van der Waals surface area contributed by atoms with Crippen LogP contribution in [0.4, 0.5) is 4.39 Å². The number of hydrogen-bond acceptors (Lipinski definition) is 5. The molecule has 5 rings (SSSR count). The molecule has 0 spiro atoms. The van der Waals surface area contributed by atoms with Crippen LogP contribution in [0.5, 0.6) is 5.19 Å². The molecule has 3 aromatic rings. The lowest BCUT2D eigenvalue weighted by Crippen LogP contribution is -2.44. The summed E-state index contributed by atoms with van der Waals surface area (Å²) in [7, 11) is 0. The summed E-state index contributed by atoms with van der Waals surface area (Å²) in [5, 5.41) is 7.28. The Morgan fingerprint density at radius 1 is 1.33 bits per heavy atom. The molecule has 0 bridgehead atoms. The zero-order valence-electron chi connectivity index (χ0n) is 18.0. The second-order valence-electron chi connectivity index (χ2n) is 8.84. The minimum absolute atomic E-state index is 0.334. The maximum absolute atomic E-state index is 13.9. The van der Waals surface area contributed by atoms with Crippen molar-refractivity contribution < 1.29 is 9.13 Å². The zero-order chi connectivity index (χ0) is 21.1. The molecule has 2 aliphatic heterocycles. The van der Waals surface area contributed by atoms with Crippen LogP contribution in [0.25, 0.3) is 10.9 Å². The number of nitrogens with one attached hydrogen (secondary N) is 2. The first kappa shape index (κ1) is 21.3. The van der Waals surface area contributed by atoms with Crippen LogP contribution < -0.4 is 10.1 Å². The Labute approximate surface area is 181 Å². The molecule has 2 aliphatic rings. The topological polar surface area (TPSA) is 53.2 Å². The largest absolute Gasteiger partial charge is 0.465 e. The molecule has 2 aromatic heterocycles. The number of thiazole rings is 1. The van der Waals surface area contributed by atoms with Crippen molar-refractivity contribution in [2.75, 3.05) is 19.6 Å². The first-order valence-corrected chi connectivity index (χ1v) is 11.6. The van der Waals surface area contributed by atoms with Crippen LogP contribution in [-0.2, 0) is 13.0 Å². The fourth-order valence-corrected chi connectivity index (χ4v) is 4.79. The lowest BCUT2D eigenvalue weighted by molar-refractivity contribution is 0.0853. The monoisotopic (exact) mass is 430 g/mol. The van der Waals surface area contributed by atoms with Crippen molar-refractivity contribution in [3.63, 3.8) is 0 Å². The molecule has 1 aromatic carbocycles. The standard InChI is InChI=1S/C16H21FN2.C7H10N2OS/c1-11-8-13-12-6-4-5-7-14(12)18-15(13)9-19(11)10-16(2,3)17;1-2-8-5-6(1)10-7-9-3-4-11-7/h4-7,11,18H,8-10H2,1-3H3;3-4,6,8H,1-2,5H2. The summed E-state index contributed by atoms with van der Waals surface area (Å²) < 4.78 is 19.4. The highest BCUT2D eigenvalue weighted by molar-refractivity contribution is 7.11. The van der Waals surface area contributed by atoms with Crippen LogP contribution in [0.3, 0.4) is 0 Å². The molecule has 1 saturated heterocycles. The Morgan fingerprint density at radius 3 is 2.87 bits per heavy atom. The van der Waals surface area contributed by atoms with Gasteiger partial charge in [0.15, 0.2) is 0 Å². The molecular weight excluding hydrogens is 399 g/mol. The second-order valence-corrected chi connectivity index (χ2v) is 9.69. The van der Waals surface area contributed by atoms with Gasteiger partial charge in [0.05, 0.1) is 0 Å². The number of rotatable bonds is 4. The van der Waals surface area contributed by atoms with E-state index in [4.69, 9.17) is 4.74 Å². The third-order valence-electron chi connectivity index (χ3n) is 5.66. The number of aromatic nitrogens is 2. The van der Waals surface area contributed by atoms with Gasteiger partial charge in [0.25, 0.3) is 5.19 Å². The number of benzene rings is 1. The van der Waals surface area contributed by atoms with Crippen molar-refractivity contribution in [1.29, 1.82) is 0 Å². The normalized spacial score (nSPS) is 21.9. The van der Waals surface area contributed by atoms with Crippen molar-refractivity contribution in [3.05, 3.63) is 47.1 Å². The number of ether oxygens (including phenoxy) is 1. The van der Waals surface area contributed by atoms with E-state index < -0.39 is 5.67 Å². The molecule has 30 heavy (non-hydrogen) atoms. The fourth-order valence-electron chi connectivity index (χ4n) is 4.24. The molecule has 0 amide bonds. The van der Waals surface area contributed by atoms with Crippen LogP contribution in [-0.4, -0.2) is 52.3 Å². The highest BCUT2D eigenvalue weighted by atomic mass is 32.1. The number of H-pyrrole nitrogens is 1. The Balaban J connectivity index is 0.000000168. The Kier molecular flexibility index (Phi) is 6.41. The van der Waals surface area contributed by atoms with E-state index in [-0.39, 0.29) is 0 Å². The molecular formula is C23H31FN4OS. The number of alkyl halides is 1. The molecule has 0 radical (unpaired) electrons. The number of hydrogen-bond donors (Lipinski definition) is 2. The molecule has 2 N–H and O–H groups in total. The summed E-state index contributed by atoms with van der Waals surface area (Å²) in [6.45, 7) is 8.83. The minimum Gasteiger partial charge on any atom is -0.465 e. The Bertz CT molecular complexity index is 944. The lowest BCUT2D eigenvalue weighted by Gasteiger charge is -2.36. The summed E-state index contributed by atoms with van der Waals surface area (Å²) in [6, 6.07) is 8.81. The van der Waals surface area contributed by atoms with Crippen LogP contribution in [0.2, 0.25) is 0 Å². The smallest absolute Gasteiger partial charge is 0.273 e. The van der Waals surface area contributed by atoms with Crippen LogP contribution >= 0.6 is 11.3 Å². The molecule has 4 heterocycles. The first-order chi connectivity index (χ1) is 14.4. The predicted molar refractivity (Wildman–Crippen MR) is 121 cm³/mol.